The molecule has 0 saturated carbocycles. The highest BCUT2D eigenvalue weighted by atomic mass is 35.5. The van der Waals surface area contributed by atoms with Crippen molar-refractivity contribution in [1.82, 2.24) is 0 Å². The Balaban J connectivity index is 0.00000484. The smallest absolute Gasteiger partial charge is 0.0874 e. The maximum Gasteiger partial charge on any atom is 0.0874 e. The molecule has 0 aromatic rings. The van der Waals surface area contributed by atoms with E-state index >= 15 is 0 Å². The molecule has 1 rings (SSSR count). The summed E-state index contributed by atoms with van der Waals surface area (Å²) < 4.78 is 0. The van der Waals surface area contributed by atoms with E-state index in [0.717, 1.165) is 6.04 Å². The van der Waals surface area contributed by atoms with E-state index in [2.05, 4.69) is 13.8 Å². The predicted molar refractivity (Wildman–Crippen MR) is 99.7 cm³/mol. The van der Waals surface area contributed by atoms with E-state index in [4.69, 9.17) is 0 Å². The monoisotopic (exact) mass is 345 g/mol. The fraction of sp³-hybridized carbons (Fsp3) is 1.00. The maximum absolute atomic E-state index is 2.34. The zero-order valence-corrected chi connectivity index (χ0v) is 16.9. The Kier molecular flexibility index (Phi) is 17.3. The summed E-state index contributed by atoms with van der Waals surface area (Å²) in [7, 11) is 0. The summed E-state index contributed by atoms with van der Waals surface area (Å²) in [5.74, 6) is 0. The van der Waals surface area contributed by atoms with Crippen LogP contribution in [0, 0.1) is 0 Å². The van der Waals surface area contributed by atoms with Crippen LogP contribution in [0.4, 0.5) is 0 Å². The fourth-order valence-electron chi connectivity index (χ4n) is 4.12. The van der Waals surface area contributed by atoms with Crippen molar-refractivity contribution in [3.05, 3.63) is 0 Å². The second-order valence-electron chi connectivity index (χ2n) is 7.68. The number of nitrogens with one attached hydrogen (secondary N) is 1. The number of hydrogen-bond acceptors (Lipinski definition) is 0. The molecule has 0 amide bonds. The Labute approximate surface area is 153 Å². The van der Waals surface area contributed by atoms with Gasteiger partial charge in [0.1, 0.15) is 0 Å². The van der Waals surface area contributed by atoms with Crippen molar-refractivity contribution in [1.29, 1.82) is 0 Å². The lowest BCUT2D eigenvalue weighted by Gasteiger charge is -2.32. The van der Waals surface area contributed by atoms with E-state index in [9.17, 15) is 0 Å². The largest absolute Gasteiger partial charge is 1.00 e. The van der Waals surface area contributed by atoms with Crippen molar-refractivity contribution in [2.75, 3.05) is 13.1 Å². The Hall–Kier alpha value is 0.250. The van der Waals surface area contributed by atoms with Crippen molar-refractivity contribution in [3.63, 3.8) is 0 Å². The standard InChI is InChI=1S/C21H43N.ClH/c1-3-5-7-8-9-10-11-12-13-15-19-22-20-16-14-18-21(22)17-6-4-2;/h21H,3-20H2,1-2H3;1H. The summed E-state index contributed by atoms with van der Waals surface area (Å²) in [5.41, 5.74) is 0. The normalized spacial score (nSPS) is 21.1. The van der Waals surface area contributed by atoms with Gasteiger partial charge in [0, 0.05) is 0 Å². The molecule has 2 unspecified atom stereocenters. The maximum atomic E-state index is 2.34. The van der Waals surface area contributed by atoms with Crippen LogP contribution in [0.2, 0.25) is 0 Å². The highest BCUT2D eigenvalue weighted by Crippen LogP contribution is 2.11. The highest BCUT2D eigenvalue weighted by molar-refractivity contribution is 4.62. The number of piperidine rings is 1. The van der Waals surface area contributed by atoms with E-state index in [1.54, 1.807) is 0 Å². The summed E-state index contributed by atoms with van der Waals surface area (Å²) in [5, 5.41) is 0. The summed E-state index contributed by atoms with van der Waals surface area (Å²) >= 11 is 0. The van der Waals surface area contributed by atoms with Gasteiger partial charge in [-0.25, -0.2) is 0 Å². The molecule has 0 radical (unpaired) electrons. The van der Waals surface area contributed by atoms with Crippen molar-refractivity contribution < 1.29 is 17.3 Å². The molecular weight excluding hydrogens is 302 g/mol. The van der Waals surface area contributed by atoms with E-state index in [1.165, 1.54) is 116 Å². The summed E-state index contributed by atoms with van der Waals surface area (Å²) in [6.45, 7) is 7.57. The molecule has 140 valence electrons. The van der Waals surface area contributed by atoms with Crippen molar-refractivity contribution in [2.24, 2.45) is 0 Å². The van der Waals surface area contributed by atoms with Crippen LogP contribution in [-0.2, 0) is 0 Å². The van der Waals surface area contributed by atoms with Crippen LogP contribution in [0.15, 0.2) is 0 Å². The third-order valence-corrected chi connectivity index (χ3v) is 5.64. The molecule has 0 spiro atoms. The van der Waals surface area contributed by atoms with Crippen LogP contribution in [-0.4, -0.2) is 19.1 Å². The topological polar surface area (TPSA) is 4.44 Å². The number of halogens is 1. The first kappa shape index (κ1) is 23.2. The molecule has 1 N–H and O–H groups in total. The Morgan fingerprint density at radius 3 is 1.87 bits per heavy atom. The first-order chi connectivity index (χ1) is 10.9. The van der Waals surface area contributed by atoms with Gasteiger partial charge in [0.15, 0.2) is 0 Å². The van der Waals surface area contributed by atoms with Gasteiger partial charge in [0.2, 0.25) is 0 Å². The zero-order chi connectivity index (χ0) is 15.9. The highest BCUT2D eigenvalue weighted by Gasteiger charge is 2.24. The van der Waals surface area contributed by atoms with Crippen LogP contribution < -0.4 is 17.3 Å². The second-order valence-corrected chi connectivity index (χ2v) is 7.68. The van der Waals surface area contributed by atoms with Crippen molar-refractivity contribution in [2.45, 2.75) is 123 Å². The summed E-state index contributed by atoms with van der Waals surface area (Å²) in [4.78, 5) is 1.96. The summed E-state index contributed by atoms with van der Waals surface area (Å²) in [6, 6.07) is 1.01. The lowest BCUT2D eigenvalue weighted by Crippen LogP contribution is -3.16. The van der Waals surface area contributed by atoms with Crippen LogP contribution in [0.5, 0.6) is 0 Å². The van der Waals surface area contributed by atoms with Gasteiger partial charge < -0.3 is 17.3 Å². The van der Waals surface area contributed by atoms with Crippen molar-refractivity contribution in [3.8, 4) is 0 Å². The third kappa shape index (κ3) is 12.3. The number of unbranched alkanes of at least 4 members (excludes halogenated alkanes) is 10. The zero-order valence-electron chi connectivity index (χ0n) is 16.2. The fourth-order valence-corrected chi connectivity index (χ4v) is 4.12. The lowest BCUT2D eigenvalue weighted by molar-refractivity contribution is -0.931. The van der Waals surface area contributed by atoms with Gasteiger partial charge in [-0.3, -0.25) is 0 Å². The Morgan fingerprint density at radius 2 is 1.26 bits per heavy atom. The van der Waals surface area contributed by atoms with E-state index in [-0.39, 0.29) is 12.4 Å². The molecule has 1 heterocycles. The lowest BCUT2D eigenvalue weighted by atomic mass is 9.97. The number of rotatable bonds is 14. The number of quaternary nitrogens is 1. The van der Waals surface area contributed by atoms with Crippen LogP contribution in [0.3, 0.4) is 0 Å². The van der Waals surface area contributed by atoms with Gasteiger partial charge in [0.25, 0.3) is 0 Å². The molecule has 2 atom stereocenters. The molecule has 1 aliphatic rings. The second kappa shape index (κ2) is 17.1. The summed E-state index contributed by atoms with van der Waals surface area (Å²) in [6.07, 6.45) is 23.5. The molecule has 2 heteroatoms. The van der Waals surface area contributed by atoms with Gasteiger partial charge >= 0.3 is 0 Å². The van der Waals surface area contributed by atoms with E-state index in [1.807, 2.05) is 4.90 Å². The molecular formula is C21H44ClN. The SMILES string of the molecule is CCCCCCCCCCCC[NH+]1CCCCC1CCCC.[Cl-]. The molecule has 23 heavy (non-hydrogen) atoms. The van der Waals surface area contributed by atoms with Crippen LogP contribution >= 0.6 is 0 Å². The Morgan fingerprint density at radius 1 is 0.696 bits per heavy atom. The molecule has 0 bridgehead atoms. The molecule has 1 saturated heterocycles. The van der Waals surface area contributed by atoms with Crippen molar-refractivity contribution >= 4 is 0 Å². The quantitative estimate of drug-likeness (QED) is 0.461. The van der Waals surface area contributed by atoms with Gasteiger partial charge in [-0.05, 0) is 44.9 Å². The Bertz CT molecular complexity index is 232. The molecule has 0 aromatic heterocycles. The first-order valence-electron chi connectivity index (χ1n) is 10.7. The van der Waals surface area contributed by atoms with E-state index in [0.29, 0.717) is 0 Å². The van der Waals surface area contributed by atoms with Gasteiger partial charge in [-0.1, -0.05) is 71.6 Å². The average Bonchev–Trinajstić information content (AvgIpc) is 2.55. The predicted octanol–water partition coefficient (Wildman–Crippen LogP) is 2.54. The van der Waals surface area contributed by atoms with Crippen LogP contribution in [0.25, 0.3) is 0 Å². The molecule has 0 aromatic carbocycles. The molecule has 1 aliphatic heterocycles. The molecule has 1 fully saturated rings. The van der Waals surface area contributed by atoms with Crippen LogP contribution in [0.1, 0.15) is 117 Å². The minimum absolute atomic E-state index is 0. The minimum Gasteiger partial charge on any atom is -1.00 e. The molecule has 1 nitrogen and oxygen atoms in total. The van der Waals surface area contributed by atoms with Gasteiger partial charge in [0.05, 0.1) is 19.1 Å². The van der Waals surface area contributed by atoms with Gasteiger partial charge in [-0.2, -0.15) is 0 Å². The average molecular weight is 346 g/mol. The molecule has 0 aliphatic carbocycles. The number of likely N-dealkylation sites (tertiary alicyclic amines) is 1. The third-order valence-electron chi connectivity index (χ3n) is 5.64. The first-order valence-corrected chi connectivity index (χ1v) is 10.7. The van der Waals surface area contributed by atoms with Gasteiger partial charge in [-0.15, -0.1) is 0 Å². The van der Waals surface area contributed by atoms with E-state index < -0.39 is 0 Å². The minimum atomic E-state index is 0. The number of hydrogen-bond donors (Lipinski definition) is 1.